The standard InChI is InChI=1S/C22H22N6OS/c1-2-3-5-16-7-9-18(10-8-16)24-21(29)15-30-22-26-25-20-12-11-19(27-28(20)22)17-6-4-13-23-14-17/h4,6-14H,2-3,5,15H2,1H3,(H,24,29). The third-order valence-corrected chi connectivity index (χ3v) is 5.50. The minimum Gasteiger partial charge on any atom is -0.325 e. The second-order valence-electron chi connectivity index (χ2n) is 6.85. The SMILES string of the molecule is CCCCc1ccc(NC(=O)CSc2nnc3ccc(-c4cccnc4)nn23)cc1. The average Bonchev–Trinajstić information content (AvgIpc) is 3.20. The Bertz CT molecular complexity index is 1130. The lowest BCUT2D eigenvalue weighted by atomic mass is 10.1. The average molecular weight is 419 g/mol. The normalized spacial score (nSPS) is 11.0. The van der Waals surface area contributed by atoms with E-state index in [4.69, 9.17) is 0 Å². The van der Waals surface area contributed by atoms with Crippen molar-refractivity contribution in [1.82, 2.24) is 24.8 Å². The first-order chi connectivity index (χ1) is 14.7. The van der Waals surface area contributed by atoms with Crippen LogP contribution in [0.1, 0.15) is 25.3 Å². The van der Waals surface area contributed by atoms with Crippen LogP contribution in [0.2, 0.25) is 0 Å². The van der Waals surface area contributed by atoms with E-state index in [2.05, 4.69) is 44.7 Å². The third-order valence-electron chi connectivity index (χ3n) is 4.58. The van der Waals surface area contributed by atoms with Gasteiger partial charge in [-0.15, -0.1) is 10.2 Å². The number of thioether (sulfide) groups is 1. The molecular weight excluding hydrogens is 396 g/mol. The molecule has 152 valence electrons. The van der Waals surface area contributed by atoms with Crippen molar-refractivity contribution in [2.45, 2.75) is 31.3 Å². The number of nitrogens with one attached hydrogen (secondary N) is 1. The number of carbonyl (C=O) groups excluding carboxylic acids is 1. The van der Waals surface area contributed by atoms with Crippen LogP contribution in [0.4, 0.5) is 5.69 Å². The molecule has 1 amide bonds. The molecule has 3 heterocycles. The Balaban J connectivity index is 1.40. The van der Waals surface area contributed by atoms with E-state index in [0.717, 1.165) is 23.4 Å². The molecule has 0 unspecified atom stereocenters. The van der Waals surface area contributed by atoms with Gasteiger partial charge in [0.2, 0.25) is 11.1 Å². The summed E-state index contributed by atoms with van der Waals surface area (Å²) in [6, 6.07) is 15.6. The number of amides is 1. The largest absolute Gasteiger partial charge is 0.325 e. The number of aromatic nitrogens is 5. The van der Waals surface area contributed by atoms with Gasteiger partial charge in [0.25, 0.3) is 0 Å². The smallest absolute Gasteiger partial charge is 0.234 e. The molecule has 8 heteroatoms. The first-order valence-electron chi connectivity index (χ1n) is 9.87. The summed E-state index contributed by atoms with van der Waals surface area (Å²) in [5, 5.41) is 16.4. The molecule has 1 N–H and O–H groups in total. The lowest BCUT2D eigenvalue weighted by Crippen LogP contribution is -2.14. The van der Waals surface area contributed by atoms with E-state index in [0.29, 0.717) is 10.8 Å². The number of fused-ring (bicyclic) bond motifs is 1. The van der Waals surface area contributed by atoms with Crippen molar-refractivity contribution in [2.75, 3.05) is 11.1 Å². The van der Waals surface area contributed by atoms with Crippen LogP contribution in [0.25, 0.3) is 16.9 Å². The number of nitrogens with zero attached hydrogens (tertiary/aromatic N) is 5. The molecule has 4 aromatic rings. The Labute approximate surface area is 179 Å². The predicted molar refractivity (Wildman–Crippen MR) is 118 cm³/mol. The number of benzene rings is 1. The molecule has 1 aromatic carbocycles. The van der Waals surface area contributed by atoms with E-state index >= 15 is 0 Å². The van der Waals surface area contributed by atoms with E-state index in [1.807, 2.05) is 36.4 Å². The summed E-state index contributed by atoms with van der Waals surface area (Å²) < 4.78 is 1.66. The Morgan fingerprint density at radius 1 is 1.10 bits per heavy atom. The van der Waals surface area contributed by atoms with E-state index in [-0.39, 0.29) is 11.7 Å². The van der Waals surface area contributed by atoms with Crippen LogP contribution in [0.5, 0.6) is 0 Å². The molecule has 0 radical (unpaired) electrons. The molecule has 0 spiro atoms. The fourth-order valence-electron chi connectivity index (χ4n) is 2.99. The Kier molecular flexibility index (Phi) is 6.34. The molecule has 0 aliphatic carbocycles. The van der Waals surface area contributed by atoms with Crippen molar-refractivity contribution in [3.63, 3.8) is 0 Å². The summed E-state index contributed by atoms with van der Waals surface area (Å²) in [5.74, 6) is 0.124. The highest BCUT2D eigenvalue weighted by molar-refractivity contribution is 7.99. The molecule has 0 fully saturated rings. The fourth-order valence-corrected chi connectivity index (χ4v) is 3.68. The summed E-state index contributed by atoms with van der Waals surface area (Å²) in [6.07, 6.45) is 6.89. The van der Waals surface area contributed by atoms with Gasteiger partial charge in [-0.05, 0) is 54.8 Å². The quantitative estimate of drug-likeness (QED) is 0.430. The number of aryl methyl sites for hydroxylation is 1. The van der Waals surface area contributed by atoms with Gasteiger partial charge in [-0.25, -0.2) is 0 Å². The van der Waals surface area contributed by atoms with Crippen molar-refractivity contribution in [1.29, 1.82) is 0 Å². The van der Waals surface area contributed by atoms with Crippen LogP contribution in [0, 0.1) is 0 Å². The number of pyridine rings is 1. The van der Waals surface area contributed by atoms with Crippen LogP contribution in [0.3, 0.4) is 0 Å². The van der Waals surface area contributed by atoms with Gasteiger partial charge < -0.3 is 5.32 Å². The maximum atomic E-state index is 12.4. The van der Waals surface area contributed by atoms with Crippen LogP contribution in [-0.2, 0) is 11.2 Å². The van der Waals surface area contributed by atoms with Crippen molar-refractivity contribution in [2.24, 2.45) is 0 Å². The molecule has 0 aliphatic heterocycles. The molecule has 0 aliphatic rings. The lowest BCUT2D eigenvalue weighted by molar-refractivity contribution is -0.113. The number of carbonyl (C=O) groups is 1. The number of hydrogen-bond donors (Lipinski definition) is 1. The fraction of sp³-hybridized carbons (Fsp3) is 0.227. The molecule has 3 aromatic heterocycles. The van der Waals surface area contributed by atoms with Gasteiger partial charge >= 0.3 is 0 Å². The maximum absolute atomic E-state index is 12.4. The first kappa shape index (κ1) is 20.0. The van der Waals surface area contributed by atoms with E-state index < -0.39 is 0 Å². The molecule has 30 heavy (non-hydrogen) atoms. The zero-order valence-corrected chi connectivity index (χ0v) is 17.5. The van der Waals surface area contributed by atoms with Gasteiger partial charge in [-0.2, -0.15) is 9.61 Å². The van der Waals surface area contributed by atoms with Gasteiger partial charge in [0.05, 0.1) is 11.4 Å². The summed E-state index contributed by atoms with van der Waals surface area (Å²) in [4.78, 5) is 16.5. The number of hydrogen-bond acceptors (Lipinski definition) is 6. The monoisotopic (exact) mass is 418 g/mol. The predicted octanol–water partition coefficient (Wildman–Crippen LogP) is 4.26. The minimum atomic E-state index is -0.0959. The number of anilines is 1. The van der Waals surface area contributed by atoms with Crippen LogP contribution in [-0.4, -0.2) is 36.5 Å². The number of unbranched alkanes of at least 4 members (excludes halogenated alkanes) is 1. The molecule has 4 rings (SSSR count). The summed E-state index contributed by atoms with van der Waals surface area (Å²) >= 11 is 1.30. The van der Waals surface area contributed by atoms with Crippen LogP contribution < -0.4 is 5.32 Å². The highest BCUT2D eigenvalue weighted by Gasteiger charge is 2.12. The summed E-state index contributed by atoms with van der Waals surface area (Å²) in [5.41, 5.74) is 4.39. The number of rotatable bonds is 8. The van der Waals surface area contributed by atoms with Crippen molar-refractivity contribution in [3.05, 3.63) is 66.5 Å². The van der Waals surface area contributed by atoms with Crippen LogP contribution >= 0.6 is 11.8 Å². The van der Waals surface area contributed by atoms with E-state index in [1.54, 1.807) is 16.9 Å². The van der Waals surface area contributed by atoms with Gasteiger partial charge in [0.1, 0.15) is 0 Å². The Morgan fingerprint density at radius 3 is 2.73 bits per heavy atom. The van der Waals surface area contributed by atoms with Gasteiger partial charge in [-0.3, -0.25) is 9.78 Å². The Morgan fingerprint density at radius 2 is 1.97 bits per heavy atom. The Hall–Kier alpha value is -3.26. The summed E-state index contributed by atoms with van der Waals surface area (Å²) in [7, 11) is 0. The van der Waals surface area contributed by atoms with E-state index in [1.165, 1.54) is 30.2 Å². The molecular formula is C22H22N6OS. The summed E-state index contributed by atoms with van der Waals surface area (Å²) in [6.45, 7) is 2.18. The molecule has 0 bridgehead atoms. The van der Waals surface area contributed by atoms with Gasteiger partial charge in [0.15, 0.2) is 5.65 Å². The maximum Gasteiger partial charge on any atom is 0.234 e. The second-order valence-corrected chi connectivity index (χ2v) is 7.79. The zero-order valence-electron chi connectivity index (χ0n) is 16.7. The third kappa shape index (κ3) is 4.83. The highest BCUT2D eigenvalue weighted by Crippen LogP contribution is 2.20. The van der Waals surface area contributed by atoms with Crippen LogP contribution in [0.15, 0.2) is 66.1 Å². The first-order valence-corrected chi connectivity index (χ1v) is 10.9. The van der Waals surface area contributed by atoms with E-state index in [9.17, 15) is 4.79 Å². The van der Waals surface area contributed by atoms with Crippen molar-refractivity contribution in [3.8, 4) is 11.3 Å². The lowest BCUT2D eigenvalue weighted by Gasteiger charge is -2.06. The molecule has 0 atom stereocenters. The van der Waals surface area contributed by atoms with Gasteiger partial charge in [0, 0.05) is 23.6 Å². The highest BCUT2D eigenvalue weighted by atomic mass is 32.2. The molecule has 7 nitrogen and oxygen atoms in total. The minimum absolute atomic E-state index is 0.0959. The second kappa shape index (κ2) is 9.49. The molecule has 0 saturated heterocycles. The zero-order chi connectivity index (χ0) is 20.8. The topological polar surface area (TPSA) is 85.1 Å². The van der Waals surface area contributed by atoms with Crippen molar-refractivity contribution >= 4 is 29.0 Å². The van der Waals surface area contributed by atoms with Crippen molar-refractivity contribution < 1.29 is 4.79 Å². The van der Waals surface area contributed by atoms with Gasteiger partial charge in [-0.1, -0.05) is 37.2 Å². The molecule has 0 saturated carbocycles.